The number of aromatic nitrogens is 2. The van der Waals surface area contributed by atoms with Crippen molar-refractivity contribution in [3.8, 4) is 11.4 Å². The molecular weight excluding hydrogens is 406 g/mol. The first kappa shape index (κ1) is 18.7. The van der Waals surface area contributed by atoms with Crippen molar-refractivity contribution in [1.82, 2.24) is 15.0 Å². The average Bonchev–Trinajstić information content (AvgIpc) is 3.39. The third-order valence-corrected chi connectivity index (χ3v) is 6.51. The van der Waals surface area contributed by atoms with E-state index >= 15 is 0 Å². The van der Waals surface area contributed by atoms with Gasteiger partial charge in [0.25, 0.3) is 0 Å². The van der Waals surface area contributed by atoms with Crippen LogP contribution in [0.4, 0.5) is 0 Å². The van der Waals surface area contributed by atoms with E-state index in [1.807, 2.05) is 29.2 Å². The number of nitrogens with zero attached hydrogens (tertiary/aromatic N) is 3. The lowest BCUT2D eigenvalue weighted by Crippen LogP contribution is -2.38. The first-order chi connectivity index (χ1) is 13.2. The Morgan fingerprint density at radius 2 is 1.81 bits per heavy atom. The highest BCUT2D eigenvalue weighted by atomic mass is 79.9. The van der Waals surface area contributed by atoms with Gasteiger partial charge in [-0.3, -0.25) is 4.79 Å². The third kappa shape index (κ3) is 4.60. The number of carbonyl (C=O) groups is 1. The van der Waals surface area contributed by atoms with E-state index in [1.165, 1.54) is 25.7 Å². The molecule has 2 heterocycles. The third-order valence-electron chi connectivity index (χ3n) is 5.98. The Hall–Kier alpha value is -1.69. The summed E-state index contributed by atoms with van der Waals surface area (Å²) in [5.41, 5.74) is 0.952. The summed E-state index contributed by atoms with van der Waals surface area (Å²) < 4.78 is 6.55. The maximum atomic E-state index is 12.5. The molecule has 2 fully saturated rings. The summed E-state index contributed by atoms with van der Waals surface area (Å²) in [5, 5.41) is 4.14. The second-order valence-corrected chi connectivity index (χ2v) is 8.72. The molecule has 1 aliphatic heterocycles. The maximum Gasteiger partial charge on any atom is 0.230 e. The van der Waals surface area contributed by atoms with Crippen LogP contribution in [0.3, 0.4) is 0 Å². The van der Waals surface area contributed by atoms with Gasteiger partial charge < -0.3 is 9.42 Å². The molecule has 0 bridgehead atoms. The fourth-order valence-electron chi connectivity index (χ4n) is 4.28. The number of carbonyl (C=O) groups excluding carboxylic acids is 1. The van der Waals surface area contributed by atoms with Crippen LogP contribution in [0.1, 0.15) is 63.2 Å². The van der Waals surface area contributed by atoms with Crippen molar-refractivity contribution in [1.29, 1.82) is 0 Å². The first-order valence-corrected chi connectivity index (χ1v) is 10.9. The lowest BCUT2D eigenvalue weighted by molar-refractivity contribution is -0.132. The van der Waals surface area contributed by atoms with Gasteiger partial charge >= 0.3 is 0 Å². The summed E-state index contributed by atoms with van der Waals surface area (Å²) in [4.78, 5) is 19.1. The van der Waals surface area contributed by atoms with E-state index in [0.29, 0.717) is 24.0 Å². The molecule has 27 heavy (non-hydrogen) atoms. The van der Waals surface area contributed by atoms with Gasteiger partial charge in [0.15, 0.2) is 0 Å². The predicted octanol–water partition coefficient (Wildman–Crippen LogP) is 5.18. The number of halogens is 1. The number of likely N-dealkylation sites (tertiary alicyclic amines) is 1. The molecule has 1 aromatic heterocycles. The molecule has 144 valence electrons. The summed E-state index contributed by atoms with van der Waals surface area (Å²) in [6.07, 6.45) is 8.89. The monoisotopic (exact) mass is 431 g/mol. The summed E-state index contributed by atoms with van der Waals surface area (Å²) in [6.45, 7) is 1.59. The van der Waals surface area contributed by atoms with Gasteiger partial charge in [0, 0.05) is 35.5 Å². The number of amides is 1. The van der Waals surface area contributed by atoms with Crippen LogP contribution in [0, 0.1) is 5.92 Å². The number of benzene rings is 1. The molecule has 1 amide bonds. The van der Waals surface area contributed by atoms with Gasteiger partial charge in [0.2, 0.25) is 17.6 Å². The van der Waals surface area contributed by atoms with E-state index in [1.54, 1.807) is 0 Å². The van der Waals surface area contributed by atoms with Gasteiger partial charge in [-0.2, -0.15) is 4.98 Å². The smallest absolute Gasteiger partial charge is 0.230 e. The Kier molecular flexibility index (Phi) is 5.91. The van der Waals surface area contributed by atoms with Crippen LogP contribution in [-0.4, -0.2) is 34.0 Å². The van der Waals surface area contributed by atoms with Crippen molar-refractivity contribution in [2.75, 3.05) is 13.1 Å². The molecule has 0 unspecified atom stereocenters. The minimum absolute atomic E-state index is 0.251. The zero-order valence-electron chi connectivity index (χ0n) is 15.6. The van der Waals surface area contributed by atoms with Gasteiger partial charge in [-0.1, -0.05) is 46.8 Å². The Labute approximate surface area is 168 Å². The number of hydrogen-bond acceptors (Lipinski definition) is 4. The van der Waals surface area contributed by atoms with Crippen LogP contribution in [0.15, 0.2) is 33.3 Å². The van der Waals surface area contributed by atoms with E-state index < -0.39 is 0 Å². The average molecular weight is 432 g/mol. The van der Waals surface area contributed by atoms with Crippen molar-refractivity contribution in [2.45, 2.75) is 57.3 Å². The fourth-order valence-corrected chi connectivity index (χ4v) is 4.54. The maximum absolute atomic E-state index is 12.5. The van der Waals surface area contributed by atoms with Crippen LogP contribution in [0.25, 0.3) is 11.4 Å². The van der Waals surface area contributed by atoms with E-state index in [4.69, 9.17) is 4.52 Å². The van der Waals surface area contributed by atoms with Crippen molar-refractivity contribution < 1.29 is 9.32 Å². The quantitative estimate of drug-likeness (QED) is 0.654. The van der Waals surface area contributed by atoms with Gasteiger partial charge in [-0.05, 0) is 49.4 Å². The lowest BCUT2D eigenvalue weighted by Gasteiger charge is -2.30. The Morgan fingerprint density at radius 3 is 2.52 bits per heavy atom. The molecule has 2 aromatic rings. The van der Waals surface area contributed by atoms with Gasteiger partial charge in [-0.25, -0.2) is 0 Å². The zero-order chi connectivity index (χ0) is 18.6. The normalized spacial score (nSPS) is 18.9. The molecule has 1 aliphatic carbocycles. The largest absolute Gasteiger partial charge is 0.343 e. The number of rotatable bonds is 5. The molecule has 1 aromatic carbocycles. The summed E-state index contributed by atoms with van der Waals surface area (Å²) in [5.74, 6) is 2.68. The number of hydrogen-bond donors (Lipinski definition) is 0. The Bertz CT molecular complexity index is 760. The highest BCUT2D eigenvalue weighted by molar-refractivity contribution is 9.10. The molecule has 6 heteroatoms. The molecule has 0 radical (unpaired) electrons. The van der Waals surface area contributed by atoms with E-state index in [0.717, 1.165) is 48.3 Å². The first-order valence-electron chi connectivity index (χ1n) is 10.1. The van der Waals surface area contributed by atoms with E-state index in [2.05, 4.69) is 26.1 Å². The Morgan fingerprint density at radius 1 is 1.11 bits per heavy atom. The van der Waals surface area contributed by atoms with Crippen LogP contribution >= 0.6 is 15.9 Å². The van der Waals surface area contributed by atoms with Crippen LogP contribution in [0.2, 0.25) is 0 Å². The van der Waals surface area contributed by atoms with E-state index in [9.17, 15) is 4.79 Å². The molecule has 4 rings (SSSR count). The second kappa shape index (κ2) is 8.55. The topological polar surface area (TPSA) is 59.2 Å². The van der Waals surface area contributed by atoms with E-state index in [-0.39, 0.29) is 5.92 Å². The summed E-state index contributed by atoms with van der Waals surface area (Å²) in [7, 11) is 0. The molecule has 2 aliphatic rings. The van der Waals surface area contributed by atoms with Crippen molar-refractivity contribution in [3.63, 3.8) is 0 Å². The molecular formula is C21H26BrN3O2. The van der Waals surface area contributed by atoms with Gasteiger partial charge in [0.1, 0.15) is 0 Å². The highest BCUT2D eigenvalue weighted by Gasteiger charge is 2.28. The van der Waals surface area contributed by atoms with Gasteiger partial charge in [0.05, 0.1) is 0 Å². The van der Waals surface area contributed by atoms with Crippen molar-refractivity contribution in [3.05, 3.63) is 34.6 Å². The molecule has 0 spiro atoms. The fraction of sp³-hybridized carbons (Fsp3) is 0.571. The minimum atomic E-state index is 0.251. The minimum Gasteiger partial charge on any atom is -0.343 e. The molecule has 0 N–H and O–H groups in total. The number of piperidine rings is 1. The lowest BCUT2D eigenvalue weighted by atomic mass is 9.95. The molecule has 1 saturated heterocycles. The second-order valence-electron chi connectivity index (χ2n) is 7.81. The Balaban J connectivity index is 1.29. The molecule has 0 atom stereocenters. The molecule has 5 nitrogen and oxygen atoms in total. The standard InChI is InChI=1S/C21H26BrN3O2/c22-18-8-6-16(7-9-18)20-23-21(27-24-20)17-11-13-25(14-12-17)19(26)10-5-15-3-1-2-4-15/h6-9,15,17H,1-5,10-14H2. The SMILES string of the molecule is O=C(CCC1CCCC1)N1CCC(c2nc(-c3ccc(Br)cc3)no2)CC1. The summed E-state index contributed by atoms with van der Waals surface area (Å²) >= 11 is 3.44. The van der Waals surface area contributed by atoms with Crippen LogP contribution in [0.5, 0.6) is 0 Å². The van der Waals surface area contributed by atoms with Crippen molar-refractivity contribution >= 4 is 21.8 Å². The van der Waals surface area contributed by atoms with Crippen LogP contribution < -0.4 is 0 Å². The van der Waals surface area contributed by atoms with Crippen molar-refractivity contribution in [2.24, 2.45) is 5.92 Å². The van der Waals surface area contributed by atoms with Gasteiger partial charge in [-0.15, -0.1) is 0 Å². The summed E-state index contributed by atoms with van der Waals surface area (Å²) in [6, 6.07) is 7.90. The zero-order valence-corrected chi connectivity index (χ0v) is 17.2. The highest BCUT2D eigenvalue weighted by Crippen LogP contribution is 2.31. The predicted molar refractivity (Wildman–Crippen MR) is 107 cm³/mol. The van der Waals surface area contributed by atoms with Crippen LogP contribution in [-0.2, 0) is 4.79 Å². The molecule has 1 saturated carbocycles.